The molecule has 0 bridgehead atoms. The standard InChI is InChI=1S/C14H16N2OS/c1-2-10-3-4-12-11(9-10)5-7-16(14(12)17)8-6-13(15)18/h3-5,7,9H,2,6,8H2,1H3,(H2,15,18). The number of hydrogen-bond acceptors (Lipinski definition) is 2. The molecular weight excluding hydrogens is 244 g/mol. The number of aryl methyl sites for hydroxylation is 2. The van der Waals surface area contributed by atoms with E-state index in [-0.39, 0.29) is 5.56 Å². The lowest BCUT2D eigenvalue weighted by Crippen LogP contribution is -2.22. The van der Waals surface area contributed by atoms with Crippen molar-refractivity contribution in [2.45, 2.75) is 26.3 Å². The van der Waals surface area contributed by atoms with Crippen molar-refractivity contribution in [1.29, 1.82) is 0 Å². The summed E-state index contributed by atoms with van der Waals surface area (Å²) in [6.45, 7) is 2.64. The van der Waals surface area contributed by atoms with Crippen LogP contribution in [0.5, 0.6) is 0 Å². The Kier molecular flexibility index (Phi) is 3.77. The molecule has 0 amide bonds. The molecule has 94 valence electrons. The molecule has 0 fully saturated rings. The normalized spacial score (nSPS) is 10.7. The smallest absolute Gasteiger partial charge is 0.258 e. The fraction of sp³-hybridized carbons (Fsp3) is 0.286. The maximum atomic E-state index is 12.2. The van der Waals surface area contributed by atoms with Crippen LogP contribution < -0.4 is 11.3 Å². The van der Waals surface area contributed by atoms with E-state index in [1.165, 1.54) is 5.56 Å². The third-order valence-electron chi connectivity index (χ3n) is 3.05. The molecule has 0 aliphatic rings. The van der Waals surface area contributed by atoms with Gasteiger partial charge in [0.25, 0.3) is 5.56 Å². The molecule has 2 rings (SSSR count). The molecule has 1 aromatic carbocycles. The van der Waals surface area contributed by atoms with Crippen LogP contribution in [0.25, 0.3) is 10.8 Å². The summed E-state index contributed by atoms with van der Waals surface area (Å²) in [5.41, 5.74) is 6.72. The Balaban J connectivity index is 2.44. The number of hydrogen-bond donors (Lipinski definition) is 1. The highest BCUT2D eigenvalue weighted by Crippen LogP contribution is 2.13. The van der Waals surface area contributed by atoms with Gasteiger partial charge in [-0.25, -0.2) is 0 Å². The van der Waals surface area contributed by atoms with E-state index in [4.69, 9.17) is 18.0 Å². The van der Waals surface area contributed by atoms with E-state index in [9.17, 15) is 4.79 Å². The lowest BCUT2D eigenvalue weighted by Gasteiger charge is -2.07. The Morgan fingerprint density at radius 2 is 2.17 bits per heavy atom. The molecule has 0 spiro atoms. The summed E-state index contributed by atoms with van der Waals surface area (Å²) in [6.07, 6.45) is 3.33. The van der Waals surface area contributed by atoms with E-state index in [1.54, 1.807) is 4.57 Å². The van der Waals surface area contributed by atoms with Gasteiger partial charge in [0.15, 0.2) is 0 Å². The van der Waals surface area contributed by atoms with Crippen LogP contribution in [-0.2, 0) is 13.0 Å². The number of pyridine rings is 1. The Bertz CT molecular complexity index is 646. The first-order chi connectivity index (χ1) is 8.61. The lowest BCUT2D eigenvalue weighted by molar-refractivity contribution is 0.702. The minimum absolute atomic E-state index is 0.0198. The van der Waals surface area contributed by atoms with E-state index in [0.717, 1.165) is 17.2 Å². The Morgan fingerprint density at radius 3 is 2.83 bits per heavy atom. The molecule has 18 heavy (non-hydrogen) atoms. The molecule has 1 heterocycles. The maximum Gasteiger partial charge on any atom is 0.258 e. The quantitative estimate of drug-likeness (QED) is 0.858. The van der Waals surface area contributed by atoms with Gasteiger partial charge in [-0.05, 0) is 29.5 Å². The van der Waals surface area contributed by atoms with Crippen molar-refractivity contribution < 1.29 is 0 Å². The van der Waals surface area contributed by atoms with Crippen LogP contribution in [0.3, 0.4) is 0 Å². The minimum atomic E-state index is 0.0198. The van der Waals surface area contributed by atoms with Gasteiger partial charge >= 0.3 is 0 Å². The fourth-order valence-electron chi connectivity index (χ4n) is 1.96. The van der Waals surface area contributed by atoms with Crippen LogP contribution in [0.4, 0.5) is 0 Å². The summed E-state index contributed by atoms with van der Waals surface area (Å²) in [7, 11) is 0. The van der Waals surface area contributed by atoms with Crippen molar-refractivity contribution >= 4 is 28.0 Å². The third kappa shape index (κ3) is 2.59. The van der Waals surface area contributed by atoms with Crippen LogP contribution in [0.1, 0.15) is 18.9 Å². The van der Waals surface area contributed by atoms with Crippen molar-refractivity contribution in [1.82, 2.24) is 4.57 Å². The molecule has 0 atom stereocenters. The number of thiocarbonyl (C=S) groups is 1. The summed E-state index contributed by atoms with van der Waals surface area (Å²) in [5.74, 6) is 0. The lowest BCUT2D eigenvalue weighted by atomic mass is 10.1. The van der Waals surface area contributed by atoms with E-state index >= 15 is 0 Å². The molecular formula is C14H16N2OS. The highest BCUT2D eigenvalue weighted by Gasteiger charge is 2.03. The topological polar surface area (TPSA) is 48.0 Å². The van der Waals surface area contributed by atoms with Crippen molar-refractivity contribution in [3.63, 3.8) is 0 Å². The van der Waals surface area contributed by atoms with Crippen LogP contribution in [0.2, 0.25) is 0 Å². The molecule has 0 saturated heterocycles. The van der Waals surface area contributed by atoms with Gasteiger partial charge < -0.3 is 10.3 Å². The van der Waals surface area contributed by atoms with Gasteiger partial charge in [0.2, 0.25) is 0 Å². The van der Waals surface area contributed by atoms with Crippen molar-refractivity contribution in [3.8, 4) is 0 Å². The summed E-state index contributed by atoms with van der Waals surface area (Å²) >= 11 is 4.83. The zero-order chi connectivity index (χ0) is 13.1. The monoisotopic (exact) mass is 260 g/mol. The Labute approximate surface area is 111 Å². The number of rotatable bonds is 4. The first kappa shape index (κ1) is 12.8. The van der Waals surface area contributed by atoms with Crippen LogP contribution in [0.15, 0.2) is 35.3 Å². The summed E-state index contributed by atoms with van der Waals surface area (Å²) in [4.78, 5) is 12.7. The maximum absolute atomic E-state index is 12.2. The van der Waals surface area contributed by atoms with Gasteiger partial charge in [0, 0.05) is 24.5 Å². The zero-order valence-electron chi connectivity index (χ0n) is 10.3. The largest absolute Gasteiger partial charge is 0.393 e. The Hall–Kier alpha value is -1.68. The van der Waals surface area contributed by atoms with Gasteiger partial charge in [0.1, 0.15) is 0 Å². The van der Waals surface area contributed by atoms with E-state index in [2.05, 4.69) is 13.0 Å². The van der Waals surface area contributed by atoms with Gasteiger partial charge in [-0.1, -0.05) is 31.3 Å². The number of fused-ring (bicyclic) bond motifs is 1. The third-order valence-corrected chi connectivity index (χ3v) is 3.25. The molecule has 0 aliphatic carbocycles. The van der Waals surface area contributed by atoms with Crippen LogP contribution in [-0.4, -0.2) is 9.56 Å². The number of aromatic nitrogens is 1. The predicted molar refractivity (Wildman–Crippen MR) is 79.0 cm³/mol. The van der Waals surface area contributed by atoms with E-state index in [1.807, 2.05) is 24.4 Å². The molecule has 2 aromatic rings. The summed E-state index contributed by atoms with van der Waals surface area (Å²) in [5, 5.41) is 1.74. The highest BCUT2D eigenvalue weighted by molar-refractivity contribution is 7.80. The van der Waals surface area contributed by atoms with Crippen LogP contribution >= 0.6 is 12.2 Å². The highest BCUT2D eigenvalue weighted by atomic mass is 32.1. The van der Waals surface area contributed by atoms with Crippen molar-refractivity contribution in [2.24, 2.45) is 5.73 Å². The number of nitrogens with two attached hydrogens (primary N) is 1. The van der Waals surface area contributed by atoms with Gasteiger partial charge in [-0.3, -0.25) is 4.79 Å². The van der Waals surface area contributed by atoms with E-state index in [0.29, 0.717) is 18.0 Å². The van der Waals surface area contributed by atoms with Crippen LogP contribution in [0, 0.1) is 0 Å². The second-order valence-electron chi connectivity index (χ2n) is 4.31. The second-order valence-corrected chi connectivity index (χ2v) is 4.83. The molecule has 2 N–H and O–H groups in total. The average Bonchev–Trinajstić information content (AvgIpc) is 2.37. The second kappa shape index (κ2) is 5.31. The van der Waals surface area contributed by atoms with Crippen molar-refractivity contribution in [3.05, 3.63) is 46.4 Å². The molecule has 4 heteroatoms. The van der Waals surface area contributed by atoms with Gasteiger partial charge in [-0.15, -0.1) is 0 Å². The van der Waals surface area contributed by atoms with Crippen molar-refractivity contribution in [2.75, 3.05) is 0 Å². The SMILES string of the molecule is CCc1ccc2c(=O)n(CCC(N)=S)ccc2c1. The molecule has 0 radical (unpaired) electrons. The zero-order valence-corrected chi connectivity index (χ0v) is 11.2. The number of nitrogens with zero attached hydrogens (tertiary/aromatic N) is 1. The predicted octanol–water partition coefficient (Wildman–Crippen LogP) is 2.24. The fourth-order valence-corrected chi connectivity index (χ4v) is 2.06. The summed E-state index contributed by atoms with van der Waals surface area (Å²) in [6, 6.07) is 7.93. The first-order valence-corrected chi connectivity index (χ1v) is 6.43. The molecule has 0 aliphatic heterocycles. The van der Waals surface area contributed by atoms with Gasteiger partial charge in [-0.2, -0.15) is 0 Å². The average molecular weight is 260 g/mol. The van der Waals surface area contributed by atoms with E-state index < -0.39 is 0 Å². The molecule has 3 nitrogen and oxygen atoms in total. The molecule has 1 aromatic heterocycles. The number of benzene rings is 1. The summed E-state index contributed by atoms with van der Waals surface area (Å²) < 4.78 is 1.66. The molecule has 0 saturated carbocycles. The minimum Gasteiger partial charge on any atom is -0.393 e. The molecule has 0 unspecified atom stereocenters. The first-order valence-electron chi connectivity index (χ1n) is 6.02. The Morgan fingerprint density at radius 1 is 1.39 bits per heavy atom. The van der Waals surface area contributed by atoms with Gasteiger partial charge in [0.05, 0.1) is 4.99 Å².